The molecule has 1 aliphatic heterocycles. The van der Waals surface area contributed by atoms with Crippen molar-refractivity contribution in [1.29, 1.82) is 0 Å². The van der Waals surface area contributed by atoms with E-state index < -0.39 is 6.04 Å². The van der Waals surface area contributed by atoms with E-state index in [0.29, 0.717) is 13.2 Å². The first-order chi connectivity index (χ1) is 7.61. The Kier molecular flexibility index (Phi) is 5.19. The third kappa shape index (κ3) is 3.55. The molecule has 0 aromatic heterocycles. The molecule has 2 rings (SSSR count). The summed E-state index contributed by atoms with van der Waals surface area (Å²) in [5.41, 5.74) is 5.45. The fourth-order valence-electron chi connectivity index (χ4n) is 2.27. The van der Waals surface area contributed by atoms with E-state index in [9.17, 15) is 4.79 Å². The van der Waals surface area contributed by atoms with Crippen molar-refractivity contribution in [1.82, 2.24) is 5.32 Å². The van der Waals surface area contributed by atoms with Crippen molar-refractivity contribution in [3.8, 4) is 0 Å². The summed E-state index contributed by atoms with van der Waals surface area (Å²) in [7, 11) is 0. The molecule has 0 aromatic rings. The Balaban J connectivity index is 0.00000144. The van der Waals surface area contributed by atoms with Gasteiger partial charge in [-0.05, 0) is 19.8 Å². The number of rotatable bonds is 3. The molecule has 0 radical (unpaired) electrons. The lowest BCUT2D eigenvalue weighted by molar-refractivity contribution is -0.161. The third-order valence-electron chi connectivity index (χ3n) is 3.20. The van der Waals surface area contributed by atoms with Crippen molar-refractivity contribution >= 4 is 18.3 Å². The molecular formula is C11H21ClN2O3. The molecule has 0 aromatic carbocycles. The van der Waals surface area contributed by atoms with Crippen molar-refractivity contribution in [2.75, 3.05) is 13.2 Å². The highest BCUT2D eigenvalue weighted by atomic mass is 35.5. The Hall–Kier alpha value is -0.360. The molecule has 1 aliphatic carbocycles. The molecule has 1 spiro atoms. The predicted molar refractivity (Wildman–Crippen MR) is 65.9 cm³/mol. The SMILES string of the molecule is CC(N)C(=O)NCC1COC2(CCCC2)O1.Cl. The highest BCUT2D eigenvalue weighted by Crippen LogP contribution is 2.38. The van der Waals surface area contributed by atoms with Crippen LogP contribution in [0, 0.1) is 0 Å². The van der Waals surface area contributed by atoms with Crippen LogP contribution in [0.2, 0.25) is 0 Å². The van der Waals surface area contributed by atoms with Gasteiger partial charge in [0.1, 0.15) is 6.10 Å². The van der Waals surface area contributed by atoms with Crippen LogP contribution < -0.4 is 11.1 Å². The average Bonchev–Trinajstić information content (AvgIpc) is 2.86. The average molecular weight is 265 g/mol. The van der Waals surface area contributed by atoms with Crippen LogP contribution in [0.4, 0.5) is 0 Å². The number of amides is 1. The van der Waals surface area contributed by atoms with E-state index in [1.54, 1.807) is 6.92 Å². The van der Waals surface area contributed by atoms with Gasteiger partial charge in [-0.2, -0.15) is 0 Å². The number of ether oxygens (including phenoxy) is 2. The number of nitrogens with one attached hydrogen (secondary N) is 1. The quantitative estimate of drug-likeness (QED) is 0.781. The zero-order chi connectivity index (χ0) is 11.6. The number of halogens is 1. The highest BCUT2D eigenvalue weighted by molar-refractivity contribution is 5.85. The Labute approximate surface area is 108 Å². The minimum Gasteiger partial charge on any atom is -0.352 e. The van der Waals surface area contributed by atoms with Gasteiger partial charge in [-0.15, -0.1) is 12.4 Å². The number of carbonyl (C=O) groups is 1. The van der Waals surface area contributed by atoms with Crippen molar-refractivity contribution in [3.63, 3.8) is 0 Å². The molecule has 100 valence electrons. The summed E-state index contributed by atoms with van der Waals surface area (Å²) >= 11 is 0. The summed E-state index contributed by atoms with van der Waals surface area (Å²) in [6, 6.07) is -0.470. The molecule has 17 heavy (non-hydrogen) atoms. The molecule has 1 saturated heterocycles. The van der Waals surface area contributed by atoms with Gasteiger partial charge < -0.3 is 20.5 Å². The van der Waals surface area contributed by atoms with Crippen LogP contribution in [0.25, 0.3) is 0 Å². The Morgan fingerprint density at radius 3 is 2.76 bits per heavy atom. The normalized spacial score (nSPS) is 27.8. The van der Waals surface area contributed by atoms with Crippen LogP contribution in [0.1, 0.15) is 32.6 Å². The van der Waals surface area contributed by atoms with Crippen LogP contribution in [0.5, 0.6) is 0 Å². The summed E-state index contributed by atoms with van der Waals surface area (Å²) in [6.45, 7) is 2.72. The van der Waals surface area contributed by atoms with Crippen LogP contribution in [0.15, 0.2) is 0 Å². The number of hydrogen-bond donors (Lipinski definition) is 2. The van der Waals surface area contributed by atoms with Gasteiger partial charge in [0.25, 0.3) is 0 Å². The van der Waals surface area contributed by atoms with E-state index in [4.69, 9.17) is 15.2 Å². The number of carbonyl (C=O) groups excluding carboxylic acids is 1. The van der Waals surface area contributed by atoms with Gasteiger partial charge in [0.05, 0.1) is 12.6 Å². The summed E-state index contributed by atoms with van der Waals surface area (Å²) in [5.74, 6) is -0.486. The second-order valence-corrected chi connectivity index (χ2v) is 4.70. The Morgan fingerprint density at radius 2 is 2.18 bits per heavy atom. The lowest BCUT2D eigenvalue weighted by atomic mass is 10.2. The van der Waals surface area contributed by atoms with Crippen molar-refractivity contribution in [2.45, 2.75) is 50.5 Å². The number of hydrogen-bond acceptors (Lipinski definition) is 4. The summed E-state index contributed by atoms with van der Waals surface area (Å²) in [5, 5.41) is 2.76. The Morgan fingerprint density at radius 1 is 1.53 bits per heavy atom. The fraction of sp³-hybridized carbons (Fsp3) is 0.909. The fourth-order valence-corrected chi connectivity index (χ4v) is 2.27. The minimum atomic E-state index is -0.470. The first-order valence-electron chi connectivity index (χ1n) is 5.96. The molecular weight excluding hydrogens is 244 g/mol. The second kappa shape index (κ2) is 6.00. The van der Waals surface area contributed by atoms with Crippen LogP contribution in [0.3, 0.4) is 0 Å². The summed E-state index contributed by atoms with van der Waals surface area (Å²) < 4.78 is 11.6. The predicted octanol–water partition coefficient (Wildman–Crippen LogP) is 0.557. The van der Waals surface area contributed by atoms with E-state index in [2.05, 4.69) is 5.32 Å². The van der Waals surface area contributed by atoms with Gasteiger partial charge in [-0.3, -0.25) is 4.79 Å². The molecule has 3 N–H and O–H groups in total. The molecule has 2 atom stereocenters. The maximum absolute atomic E-state index is 11.3. The van der Waals surface area contributed by atoms with E-state index in [-0.39, 0.29) is 30.2 Å². The van der Waals surface area contributed by atoms with Crippen LogP contribution in [-0.2, 0) is 14.3 Å². The summed E-state index contributed by atoms with van der Waals surface area (Å²) in [4.78, 5) is 11.3. The maximum Gasteiger partial charge on any atom is 0.236 e. The first kappa shape index (κ1) is 14.7. The first-order valence-corrected chi connectivity index (χ1v) is 5.96. The molecule has 1 heterocycles. The van der Waals surface area contributed by atoms with Crippen molar-refractivity contribution in [3.05, 3.63) is 0 Å². The van der Waals surface area contributed by atoms with Gasteiger partial charge in [-0.25, -0.2) is 0 Å². The molecule has 1 amide bonds. The minimum absolute atomic E-state index is 0. The lowest BCUT2D eigenvalue weighted by Crippen LogP contribution is -2.42. The van der Waals surface area contributed by atoms with Gasteiger partial charge in [0, 0.05) is 19.4 Å². The third-order valence-corrected chi connectivity index (χ3v) is 3.20. The van der Waals surface area contributed by atoms with E-state index in [0.717, 1.165) is 12.8 Å². The zero-order valence-electron chi connectivity index (χ0n) is 10.1. The lowest BCUT2D eigenvalue weighted by Gasteiger charge is -2.22. The molecule has 0 bridgehead atoms. The smallest absolute Gasteiger partial charge is 0.236 e. The second-order valence-electron chi connectivity index (χ2n) is 4.70. The largest absolute Gasteiger partial charge is 0.352 e. The molecule has 6 heteroatoms. The summed E-state index contributed by atoms with van der Waals surface area (Å²) in [6.07, 6.45) is 4.26. The Bertz CT molecular complexity index is 267. The standard InChI is InChI=1S/C11H20N2O3.ClH/c1-8(12)10(14)13-6-9-7-15-11(16-9)4-2-3-5-11;/h8-9H,2-7,12H2,1H3,(H,13,14);1H. The topological polar surface area (TPSA) is 73.6 Å². The maximum atomic E-state index is 11.3. The van der Waals surface area contributed by atoms with Crippen molar-refractivity contribution in [2.24, 2.45) is 5.73 Å². The van der Waals surface area contributed by atoms with E-state index in [1.807, 2.05) is 0 Å². The molecule has 2 aliphatic rings. The molecule has 2 fully saturated rings. The highest BCUT2D eigenvalue weighted by Gasteiger charge is 2.43. The molecule has 5 nitrogen and oxygen atoms in total. The van der Waals surface area contributed by atoms with Gasteiger partial charge >= 0.3 is 0 Å². The number of nitrogens with two attached hydrogens (primary N) is 1. The van der Waals surface area contributed by atoms with Gasteiger partial charge in [0.15, 0.2) is 5.79 Å². The van der Waals surface area contributed by atoms with E-state index in [1.165, 1.54) is 12.8 Å². The van der Waals surface area contributed by atoms with Gasteiger partial charge in [-0.1, -0.05) is 0 Å². The monoisotopic (exact) mass is 264 g/mol. The van der Waals surface area contributed by atoms with E-state index >= 15 is 0 Å². The molecule has 1 saturated carbocycles. The zero-order valence-corrected chi connectivity index (χ0v) is 10.9. The van der Waals surface area contributed by atoms with Crippen LogP contribution in [-0.4, -0.2) is 37.0 Å². The van der Waals surface area contributed by atoms with Gasteiger partial charge in [0.2, 0.25) is 5.91 Å². The molecule has 2 unspecified atom stereocenters. The van der Waals surface area contributed by atoms with Crippen LogP contribution >= 0.6 is 12.4 Å². The van der Waals surface area contributed by atoms with Crippen molar-refractivity contribution < 1.29 is 14.3 Å².